The van der Waals surface area contributed by atoms with E-state index in [4.69, 9.17) is 9.84 Å². The minimum absolute atomic E-state index is 0.210. The highest BCUT2D eigenvalue weighted by molar-refractivity contribution is 5.78. The lowest BCUT2D eigenvalue weighted by molar-refractivity contribution is -0.143. The lowest BCUT2D eigenvalue weighted by atomic mass is 9.69. The molecule has 2 N–H and O–H groups in total. The maximum Gasteiger partial charge on any atom is 0.329 e. The molecule has 28 heavy (non-hydrogen) atoms. The van der Waals surface area contributed by atoms with Gasteiger partial charge < -0.3 is 20.1 Å². The second-order valence-corrected chi connectivity index (χ2v) is 8.40. The van der Waals surface area contributed by atoms with Crippen LogP contribution >= 0.6 is 0 Å². The molecule has 0 spiro atoms. The zero-order valence-electron chi connectivity index (χ0n) is 17.3. The van der Waals surface area contributed by atoms with Gasteiger partial charge in [-0.2, -0.15) is 0 Å². The lowest BCUT2D eigenvalue weighted by Crippen LogP contribution is -2.39. The van der Waals surface area contributed by atoms with Gasteiger partial charge in [0, 0.05) is 26.1 Å². The number of hydrogen-bond donors (Lipinski definition) is 2. The van der Waals surface area contributed by atoms with Gasteiger partial charge in [-0.25, -0.2) is 4.79 Å². The van der Waals surface area contributed by atoms with Crippen molar-refractivity contribution in [1.29, 1.82) is 0 Å². The number of aliphatic carboxylic acids is 1. The van der Waals surface area contributed by atoms with Crippen LogP contribution in [0.1, 0.15) is 46.5 Å². The van der Waals surface area contributed by atoms with E-state index in [9.17, 15) is 14.4 Å². The summed E-state index contributed by atoms with van der Waals surface area (Å²) in [6, 6.07) is 0. The number of rotatable bonds is 9. The van der Waals surface area contributed by atoms with Crippen molar-refractivity contribution in [1.82, 2.24) is 10.2 Å². The van der Waals surface area contributed by atoms with Crippen LogP contribution in [0.4, 0.5) is 0 Å². The summed E-state index contributed by atoms with van der Waals surface area (Å²) >= 11 is 0. The standard InChI is InChI=1S/C21H34N2O5/c1-14(2)18-9-16(10-20(25)23-6-4-5-7-23)15(3)8-17(18)11-22-19(24)12-28-13-21(26)27/h8,14,16-18H,4-7,9-13H2,1-3H3,(H,22,24)(H,26,27). The first-order chi connectivity index (χ1) is 13.3. The fraction of sp³-hybridized carbons (Fsp3) is 0.762. The molecule has 1 aliphatic carbocycles. The van der Waals surface area contributed by atoms with Crippen LogP contribution in [-0.2, 0) is 19.1 Å². The zero-order chi connectivity index (χ0) is 20.7. The molecule has 7 heteroatoms. The number of likely N-dealkylation sites (tertiary alicyclic amines) is 1. The van der Waals surface area contributed by atoms with Gasteiger partial charge in [0.15, 0.2) is 0 Å². The molecule has 0 bridgehead atoms. The fourth-order valence-corrected chi connectivity index (χ4v) is 4.33. The van der Waals surface area contributed by atoms with Crippen molar-refractivity contribution >= 4 is 17.8 Å². The predicted octanol–water partition coefficient (Wildman–Crippen LogP) is 2.07. The average molecular weight is 395 g/mol. The topological polar surface area (TPSA) is 95.9 Å². The van der Waals surface area contributed by atoms with Crippen molar-refractivity contribution < 1.29 is 24.2 Å². The van der Waals surface area contributed by atoms with Crippen LogP contribution in [0.2, 0.25) is 0 Å². The van der Waals surface area contributed by atoms with Crippen LogP contribution < -0.4 is 5.32 Å². The lowest BCUT2D eigenvalue weighted by Gasteiger charge is -2.37. The number of carboxylic acid groups (broad SMARTS) is 1. The summed E-state index contributed by atoms with van der Waals surface area (Å²) in [6.07, 6.45) is 5.97. The van der Waals surface area contributed by atoms with E-state index in [1.165, 1.54) is 5.57 Å². The maximum atomic E-state index is 12.6. The Labute approximate surface area is 167 Å². The normalized spacial score (nSPS) is 24.9. The third-order valence-corrected chi connectivity index (χ3v) is 5.96. The van der Waals surface area contributed by atoms with Crippen molar-refractivity contribution in [3.8, 4) is 0 Å². The van der Waals surface area contributed by atoms with Gasteiger partial charge >= 0.3 is 5.97 Å². The maximum absolute atomic E-state index is 12.6. The molecule has 1 aliphatic heterocycles. The van der Waals surface area contributed by atoms with Crippen molar-refractivity contribution in [2.45, 2.75) is 46.5 Å². The first-order valence-corrected chi connectivity index (χ1v) is 10.3. The largest absolute Gasteiger partial charge is 0.480 e. The molecule has 3 atom stereocenters. The van der Waals surface area contributed by atoms with Crippen LogP contribution in [0, 0.1) is 23.7 Å². The molecule has 158 valence electrons. The number of nitrogens with zero attached hydrogens (tertiary/aromatic N) is 1. The molecule has 1 fully saturated rings. The van der Waals surface area contributed by atoms with Crippen LogP contribution in [0.25, 0.3) is 0 Å². The van der Waals surface area contributed by atoms with Gasteiger partial charge in [-0.1, -0.05) is 25.5 Å². The quantitative estimate of drug-likeness (QED) is 0.584. The zero-order valence-corrected chi connectivity index (χ0v) is 17.3. The number of amides is 2. The molecule has 1 saturated heterocycles. The summed E-state index contributed by atoms with van der Waals surface area (Å²) in [4.78, 5) is 36.9. The first kappa shape index (κ1) is 22.4. The molecule has 3 unspecified atom stereocenters. The summed E-state index contributed by atoms with van der Waals surface area (Å²) in [5.41, 5.74) is 1.23. The van der Waals surface area contributed by atoms with E-state index in [0.717, 1.165) is 32.4 Å². The van der Waals surface area contributed by atoms with Crippen molar-refractivity contribution in [2.75, 3.05) is 32.8 Å². The monoisotopic (exact) mass is 394 g/mol. The molecule has 2 aliphatic rings. The molecule has 7 nitrogen and oxygen atoms in total. The van der Waals surface area contributed by atoms with Crippen LogP contribution in [0.15, 0.2) is 11.6 Å². The Balaban J connectivity index is 1.91. The Morgan fingerprint density at radius 2 is 1.93 bits per heavy atom. The van der Waals surface area contributed by atoms with Crippen LogP contribution in [0.5, 0.6) is 0 Å². The van der Waals surface area contributed by atoms with Crippen molar-refractivity contribution in [3.05, 3.63) is 11.6 Å². The molecule has 0 saturated carbocycles. The van der Waals surface area contributed by atoms with Crippen molar-refractivity contribution in [3.63, 3.8) is 0 Å². The molecule has 0 aromatic rings. The second kappa shape index (κ2) is 10.6. The smallest absolute Gasteiger partial charge is 0.329 e. The Bertz CT molecular complexity index is 596. The highest BCUT2D eigenvalue weighted by atomic mass is 16.5. The number of carbonyl (C=O) groups excluding carboxylic acids is 2. The molecule has 1 heterocycles. The Kier molecular flexibility index (Phi) is 8.48. The van der Waals surface area contributed by atoms with E-state index in [1.54, 1.807) is 0 Å². The molecule has 0 aromatic carbocycles. The average Bonchev–Trinajstić information content (AvgIpc) is 3.16. The molecule has 0 radical (unpaired) electrons. The highest BCUT2D eigenvalue weighted by Gasteiger charge is 2.33. The van der Waals surface area contributed by atoms with E-state index in [0.29, 0.717) is 24.8 Å². The summed E-state index contributed by atoms with van der Waals surface area (Å²) in [5.74, 6) is 0.182. The second-order valence-electron chi connectivity index (χ2n) is 8.40. The molecule has 2 rings (SSSR count). The van der Waals surface area contributed by atoms with E-state index < -0.39 is 12.6 Å². The number of ether oxygens (including phenoxy) is 1. The summed E-state index contributed by atoms with van der Waals surface area (Å²) < 4.78 is 4.83. The SMILES string of the molecule is CC1=CC(CNC(=O)COCC(=O)O)C(C(C)C)CC1CC(=O)N1CCCC1. The summed E-state index contributed by atoms with van der Waals surface area (Å²) in [5, 5.41) is 11.4. The van der Waals surface area contributed by atoms with E-state index in [2.05, 4.69) is 32.2 Å². The first-order valence-electron chi connectivity index (χ1n) is 10.3. The Morgan fingerprint density at radius 1 is 1.25 bits per heavy atom. The minimum Gasteiger partial charge on any atom is -0.480 e. The number of nitrogens with one attached hydrogen (secondary N) is 1. The molecule has 2 amide bonds. The third-order valence-electron chi connectivity index (χ3n) is 5.96. The molecular formula is C21H34N2O5. The Hall–Kier alpha value is -1.89. The molecular weight excluding hydrogens is 360 g/mol. The van der Waals surface area contributed by atoms with Gasteiger partial charge in [-0.3, -0.25) is 9.59 Å². The van der Waals surface area contributed by atoms with E-state index in [-0.39, 0.29) is 30.3 Å². The number of hydrogen-bond acceptors (Lipinski definition) is 4. The predicted molar refractivity (Wildman–Crippen MR) is 106 cm³/mol. The van der Waals surface area contributed by atoms with Gasteiger partial charge in [0.2, 0.25) is 11.8 Å². The van der Waals surface area contributed by atoms with Gasteiger partial charge in [-0.15, -0.1) is 0 Å². The van der Waals surface area contributed by atoms with Crippen molar-refractivity contribution in [2.24, 2.45) is 23.7 Å². The van der Waals surface area contributed by atoms with Crippen LogP contribution in [-0.4, -0.2) is 60.6 Å². The van der Waals surface area contributed by atoms with Gasteiger partial charge in [0.05, 0.1) is 0 Å². The molecule has 0 aromatic heterocycles. The minimum atomic E-state index is -1.09. The number of allylic oxidation sites excluding steroid dienone is 1. The van der Waals surface area contributed by atoms with E-state index in [1.807, 2.05) is 4.90 Å². The Morgan fingerprint density at radius 3 is 2.54 bits per heavy atom. The number of carbonyl (C=O) groups is 3. The van der Waals surface area contributed by atoms with Gasteiger partial charge in [-0.05, 0) is 49.9 Å². The summed E-state index contributed by atoms with van der Waals surface area (Å²) in [7, 11) is 0. The number of carboxylic acids is 1. The highest BCUT2D eigenvalue weighted by Crippen LogP contribution is 2.39. The fourth-order valence-electron chi connectivity index (χ4n) is 4.33. The third kappa shape index (κ3) is 6.62. The van der Waals surface area contributed by atoms with Gasteiger partial charge in [0.25, 0.3) is 0 Å². The summed E-state index contributed by atoms with van der Waals surface area (Å²) in [6.45, 7) is 8.01. The van der Waals surface area contributed by atoms with Gasteiger partial charge in [0.1, 0.15) is 13.2 Å². The van der Waals surface area contributed by atoms with E-state index >= 15 is 0 Å². The van der Waals surface area contributed by atoms with Crippen LogP contribution in [0.3, 0.4) is 0 Å².